The third kappa shape index (κ3) is 3.80. The molecule has 5 nitrogen and oxygen atoms in total. The Morgan fingerprint density at radius 2 is 2.00 bits per heavy atom. The molecule has 20 heavy (non-hydrogen) atoms. The second-order valence-corrected chi connectivity index (χ2v) is 4.08. The molecule has 1 aromatic heterocycles. The predicted octanol–water partition coefficient (Wildman–Crippen LogP) is 1.38. The van der Waals surface area contributed by atoms with Crippen molar-refractivity contribution in [3.8, 4) is 5.75 Å². The van der Waals surface area contributed by atoms with Crippen LogP contribution < -0.4 is 10.1 Å². The lowest BCUT2D eigenvalue weighted by atomic mass is 10.2. The van der Waals surface area contributed by atoms with E-state index in [1.165, 1.54) is 0 Å². The van der Waals surface area contributed by atoms with E-state index < -0.39 is 0 Å². The van der Waals surface area contributed by atoms with Crippen molar-refractivity contribution in [3.63, 3.8) is 0 Å². The van der Waals surface area contributed by atoms with E-state index in [1.54, 1.807) is 30.5 Å². The number of aliphatic hydroxyl groups is 1. The number of aliphatic hydroxyl groups excluding tert-OH is 1. The summed E-state index contributed by atoms with van der Waals surface area (Å²) in [5, 5.41) is 11.6. The van der Waals surface area contributed by atoms with E-state index in [4.69, 9.17) is 9.84 Å². The summed E-state index contributed by atoms with van der Waals surface area (Å²) in [7, 11) is 0. The van der Waals surface area contributed by atoms with Gasteiger partial charge in [0.2, 0.25) is 0 Å². The minimum Gasteiger partial charge on any atom is -0.491 e. The van der Waals surface area contributed by atoms with Crippen molar-refractivity contribution in [2.45, 2.75) is 6.54 Å². The fourth-order valence-electron chi connectivity index (χ4n) is 1.71. The minimum atomic E-state index is -0.234. The number of rotatable bonds is 6. The third-order valence-electron chi connectivity index (χ3n) is 2.66. The van der Waals surface area contributed by atoms with Gasteiger partial charge in [-0.25, -0.2) is 0 Å². The number of para-hydroxylation sites is 1. The van der Waals surface area contributed by atoms with Crippen LogP contribution in [0.25, 0.3) is 0 Å². The van der Waals surface area contributed by atoms with E-state index >= 15 is 0 Å². The molecule has 0 unspecified atom stereocenters. The molecule has 1 heterocycles. The van der Waals surface area contributed by atoms with Crippen LogP contribution in [-0.4, -0.2) is 29.2 Å². The van der Waals surface area contributed by atoms with Crippen LogP contribution >= 0.6 is 0 Å². The summed E-state index contributed by atoms with van der Waals surface area (Å²) >= 11 is 0. The van der Waals surface area contributed by atoms with Crippen LogP contribution in [0.15, 0.2) is 48.7 Å². The van der Waals surface area contributed by atoms with Crippen molar-refractivity contribution in [2.24, 2.45) is 0 Å². The summed E-state index contributed by atoms with van der Waals surface area (Å²) in [6.45, 7) is 0.525. The average molecular weight is 272 g/mol. The van der Waals surface area contributed by atoms with Crippen LogP contribution in [0.3, 0.4) is 0 Å². The normalized spacial score (nSPS) is 10.1. The number of nitrogens with zero attached hydrogens (tertiary/aromatic N) is 1. The molecule has 2 aromatic rings. The molecule has 0 saturated carbocycles. The Bertz CT molecular complexity index is 558. The van der Waals surface area contributed by atoms with Gasteiger partial charge in [0, 0.05) is 18.3 Å². The number of hydrogen-bond acceptors (Lipinski definition) is 4. The van der Waals surface area contributed by atoms with Gasteiger partial charge in [0.05, 0.1) is 6.61 Å². The first-order valence-electron chi connectivity index (χ1n) is 6.32. The Hall–Kier alpha value is -2.40. The highest BCUT2D eigenvalue weighted by molar-refractivity contribution is 5.92. The van der Waals surface area contributed by atoms with E-state index in [1.807, 2.05) is 18.2 Å². The Morgan fingerprint density at radius 3 is 2.75 bits per heavy atom. The topological polar surface area (TPSA) is 71.5 Å². The summed E-state index contributed by atoms with van der Waals surface area (Å²) in [4.78, 5) is 15.9. The number of ether oxygens (including phenoxy) is 1. The number of hydrogen-bond donors (Lipinski definition) is 2. The van der Waals surface area contributed by atoms with Crippen molar-refractivity contribution < 1.29 is 14.6 Å². The summed E-state index contributed by atoms with van der Waals surface area (Å²) < 4.78 is 5.41. The molecule has 0 atom stereocenters. The van der Waals surface area contributed by atoms with Gasteiger partial charge >= 0.3 is 0 Å². The SMILES string of the molecule is O=C(NCc1ccccc1OCCO)c1ccccn1. The van der Waals surface area contributed by atoms with Gasteiger partial charge in [-0.1, -0.05) is 24.3 Å². The van der Waals surface area contributed by atoms with E-state index in [2.05, 4.69) is 10.3 Å². The number of carbonyl (C=O) groups excluding carboxylic acids is 1. The van der Waals surface area contributed by atoms with Gasteiger partial charge in [-0.15, -0.1) is 0 Å². The molecule has 0 fully saturated rings. The van der Waals surface area contributed by atoms with E-state index in [9.17, 15) is 4.79 Å². The van der Waals surface area contributed by atoms with Gasteiger partial charge in [-0.2, -0.15) is 0 Å². The molecular formula is C15H16N2O3. The maximum atomic E-state index is 11.9. The van der Waals surface area contributed by atoms with Crippen LogP contribution in [-0.2, 0) is 6.54 Å². The summed E-state index contributed by atoms with van der Waals surface area (Å²) in [5.41, 5.74) is 1.23. The average Bonchev–Trinajstić information content (AvgIpc) is 2.52. The molecule has 1 aromatic carbocycles. The van der Waals surface area contributed by atoms with Crippen LogP contribution in [0, 0.1) is 0 Å². The third-order valence-corrected chi connectivity index (χ3v) is 2.66. The second kappa shape index (κ2) is 7.25. The predicted molar refractivity (Wildman–Crippen MR) is 74.4 cm³/mol. The van der Waals surface area contributed by atoms with E-state index in [-0.39, 0.29) is 19.1 Å². The Labute approximate surface area is 117 Å². The van der Waals surface area contributed by atoms with Crippen molar-refractivity contribution >= 4 is 5.91 Å². The minimum absolute atomic E-state index is 0.0470. The van der Waals surface area contributed by atoms with Crippen LogP contribution in [0.5, 0.6) is 5.75 Å². The number of carbonyl (C=O) groups is 1. The van der Waals surface area contributed by atoms with E-state index in [0.717, 1.165) is 5.56 Å². The molecule has 0 aliphatic heterocycles. The van der Waals surface area contributed by atoms with Gasteiger partial charge in [0.1, 0.15) is 18.1 Å². The van der Waals surface area contributed by atoms with Crippen molar-refractivity contribution in [2.75, 3.05) is 13.2 Å². The van der Waals surface area contributed by atoms with Crippen LogP contribution in [0.4, 0.5) is 0 Å². The molecule has 5 heteroatoms. The lowest BCUT2D eigenvalue weighted by Crippen LogP contribution is -2.24. The van der Waals surface area contributed by atoms with Gasteiger partial charge in [0.15, 0.2) is 0 Å². The molecule has 0 saturated heterocycles. The Kier molecular flexibility index (Phi) is 5.08. The number of nitrogens with one attached hydrogen (secondary N) is 1. The molecule has 104 valence electrons. The zero-order valence-corrected chi connectivity index (χ0v) is 11.0. The first-order chi connectivity index (χ1) is 9.81. The quantitative estimate of drug-likeness (QED) is 0.833. The second-order valence-electron chi connectivity index (χ2n) is 4.08. The zero-order chi connectivity index (χ0) is 14.2. The fourth-order valence-corrected chi connectivity index (χ4v) is 1.71. The highest BCUT2D eigenvalue weighted by Gasteiger charge is 2.08. The van der Waals surface area contributed by atoms with Crippen LogP contribution in [0.2, 0.25) is 0 Å². The molecular weight excluding hydrogens is 256 g/mol. The lowest BCUT2D eigenvalue weighted by Gasteiger charge is -2.11. The Balaban J connectivity index is 1.98. The molecule has 0 bridgehead atoms. The fraction of sp³-hybridized carbons (Fsp3) is 0.200. The summed E-state index contributed by atoms with van der Waals surface area (Å²) in [6, 6.07) is 12.6. The maximum Gasteiger partial charge on any atom is 0.270 e. The van der Waals surface area contributed by atoms with Crippen LogP contribution in [0.1, 0.15) is 16.1 Å². The Morgan fingerprint density at radius 1 is 1.20 bits per heavy atom. The molecule has 2 rings (SSSR count). The van der Waals surface area contributed by atoms with Crippen molar-refractivity contribution in [1.82, 2.24) is 10.3 Å². The smallest absolute Gasteiger partial charge is 0.270 e. The molecule has 2 N–H and O–H groups in total. The van der Waals surface area contributed by atoms with Gasteiger partial charge in [0.25, 0.3) is 5.91 Å². The number of aromatic nitrogens is 1. The lowest BCUT2D eigenvalue weighted by molar-refractivity contribution is 0.0945. The molecule has 0 aliphatic carbocycles. The highest BCUT2D eigenvalue weighted by Crippen LogP contribution is 2.17. The summed E-state index contributed by atoms with van der Waals surface area (Å²) in [6.07, 6.45) is 1.58. The van der Waals surface area contributed by atoms with E-state index in [0.29, 0.717) is 18.0 Å². The molecule has 0 aliphatic rings. The first kappa shape index (κ1) is 14.0. The first-order valence-corrected chi connectivity index (χ1v) is 6.32. The van der Waals surface area contributed by atoms with Crippen molar-refractivity contribution in [1.29, 1.82) is 0 Å². The van der Waals surface area contributed by atoms with Gasteiger partial charge < -0.3 is 15.2 Å². The molecule has 0 radical (unpaired) electrons. The monoisotopic (exact) mass is 272 g/mol. The number of amides is 1. The highest BCUT2D eigenvalue weighted by atomic mass is 16.5. The number of benzene rings is 1. The molecule has 0 spiro atoms. The largest absolute Gasteiger partial charge is 0.491 e. The standard InChI is InChI=1S/C15H16N2O3/c18-9-10-20-14-7-2-1-5-12(14)11-17-15(19)13-6-3-4-8-16-13/h1-8,18H,9-11H2,(H,17,19). The van der Waals surface area contributed by atoms with Gasteiger partial charge in [-0.05, 0) is 18.2 Å². The maximum absolute atomic E-state index is 11.9. The van der Waals surface area contributed by atoms with Gasteiger partial charge in [-0.3, -0.25) is 9.78 Å². The zero-order valence-electron chi connectivity index (χ0n) is 11.0. The summed E-state index contributed by atoms with van der Waals surface area (Å²) in [5.74, 6) is 0.422. The molecule has 1 amide bonds. The number of pyridine rings is 1. The van der Waals surface area contributed by atoms with Crippen molar-refractivity contribution in [3.05, 3.63) is 59.9 Å².